The van der Waals surface area contributed by atoms with Gasteiger partial charge in [-0.3, -0.25) is 0 Å². The van der Waals surface area contributed by atoms with Crippen molar-refractivity contribution >= 4 is 23.9 Å². The number of oxazole rings is 2. The molecule has 0 unspecified atom stereocenters. The Morgan fingerprint density at radius 3 is 2.43 bits per heavy atom. The van der Waals surface area contributed by atoms with Crippen LogP contribution < -0.4 is 4.74 Å². The summed E-state index contributed by atoms with van der Waals surface area (Å²) in [5, 5.41) is 0. The number of ether oxygens (including phenoxy) is 1. The summed E-state index contributed by atoms with van der Waals surface area (Å²) in [4.78, 5) is 16.2. The molecule has 0 saturated carbocycles. The fourth-order valence-corrected chi connectivity index (χ4v) is 3.89. The van der Waals surface area contributed by atoms with Crippen molar-refractivity contribution in [2.24, 2.45) is 0 Å². The lowest BCUT2D eigenvalue weighted by molar-refractivity contribution is -0.0328. The van der Waals surface area contributed by atoms with E-state index in [2.05, 4.69) is 19.9 Å². The van der Waals surface area contributed by atoms with Crippen LogP contribution in [0, 0.1) is 0 Å². The summed E-state index contributed by atoms with van der Waals surface area (Å²) in [6.07, 6.45) is 10.5. The van der Waals surface area contributed by atoms with Crippen LogP contribution in [0.25, 0.3) is 23.6 Å². The highest BCUT2D eigenvalue weighted by molar-refractivity contribution is 8.00. The Morgan fingerprint density at radius 1 is 0.919 bits per heavy atom. The Labute approximate surface area is 213 Å². The smallest absolute Gasteiger partial charge is 0.446 e. The van der Waals surface area contributed by atoms with Gasteiger partial charge >= 0.3 is 5.51 Å². The van der Waals surface area contributed by atoms with Gasteiger partial charge in [-0.05, 0) is 59.8 Å². The van der Waals surface area contributed by atoms with Crippen molar-refractivity contribution in [1.29, 1.82) is 0 Å². The zero-order chi connectivity index (χ0) is 25.7. The molecule has 37 heavy (non-hydrogen) atoms. The van der Waals surface area contributed by atoms with Gasteiger partial charge in [0.25, 0.3) is 0 Å². The Hall–Kier alpha value is -4.25. The average Bonchev–Trinajstić information content (AvgIpc) is 3.65. The standard InChI is InChI=1S/C26H19F3N4O3S/c27-26(28,29)37-22-8-1-17(2-9-22)3-10-24-32-20(16-35-24)15-34-21-6-4-18(5-7-21)25-33-19(14-36-25)13-23-30-11-12-31-23/h1-12,14,16H,13,15H2,(H,30,31). The molecule has 188 valence electrons. The highest BCUT2D eigenvalue weighted by Crippen LogP contribution is 2.36. The second-order valence-corrected chi connectivity index (χ2v) is 8.94. The third-order valence-corrected chi connectivity index (χ3v) is 5.78. The molecule has 0 aliphatic rings. The second kappa shape index (κ2) is 10.8. The minimum absolute atomic E-state index is 0.128. The predicted octanol–water partition coefficient (Wildman–Crippen LogP) is 7.00. The van der Waals surface area contributed by atoms with E-state index in [0.717, 1.165) is 22.6 Å². The number of nitrogens with one attached hydrogen (secondary N) is 1. The number of nitrogens with zero attached hydrogens (tertiary/aromatic N) is 3. The first-order chi connectivity index (χ1) is 17.9. The molecule has 5 rings (SSSR count). The van der Waals surface area contributed by atoms with Crippen LogP contribution in [0.5, 0.6) is 5.75 Å². The van der Waals surface area contributed by atoms with Gasteiger partial charge in [-0.25, -0.2) is 15.0 Å². The summed E-state index contributed by atoms with van der Waals surface area (Å²) in [7, 11) is 0. The molecule has 3 heterocycles. The van der Waals surface area contributed by atoms with Crippen molar-refractivity contribution in [3.63, 3.8) is 0 Å². The number of halogens is 3. The van der Waals surface area contributed by atoms with Gasteiger partial charge in [0.2, 0.25) is 11.8 Å². The van der Waals surface area contributed by atoms with Crippen LogP contribution in [-0.4, -0.2) is 25.4 Å². The number of benzene rings is 2. The highest BCUT2D eigenvalue weighted by Gasteiger charge is 2.28. The van der Waals surface area contributed by atoms with E-state index >= 15 is 0 Å². The Kier molecular flexibility index (Phi) is 7.13. The Balaban J connectivity index is 1.13. The van der Waals surface area contributed by atoms with E-state index in [1.54, 1.807) is 42.9 Å². The van der Waals surface area contributed by atoms with Crippen LogP contribution in [0.15, 0.2) is 87.2 Å². The fraction of sp³-hybridized carbons (Fsp3) is 0.115. The number of hydrogen-bond acceptors (Lipinski definition) is 7. The maximum absolute atomic E-state index is 12.4. The van der Waals surface area contributed by atoms with Gasteiger partial charge in [-0.15, -0.1) is 0 Å². The molecule has 1 N–H and O–H groups in total. The van der Waals surface area contributed by atoms with Crippen LogP contribution in [0.2, 0.25) is 0 Å². The maximum Gasteiger partial charge on any atom is 0.446 e. The van der Waals surface area contributed by atoms with Crippen LogP contribution >= 0.6 is 11.8 Å². The van der Waals surface area contributed by atoms with E-state index in [9.17, 15) is 13.2 Å². The van der Waals surface area contributed by atoms with Crippen molar-refractivity contribution in [2.75, 3.05) is 0 Å². The van der Waals surface area contributed by atoms with E-state index in [1.807, 2.05) is 24.3 Å². The lowest BCUT2D eigenvalue weighted by Crippen LogP contribution is -1.98. The van der Waals surface area contributed by atoms with Crippen molar-refractivity contribution in [3.8, 4) is 17.2 Å². The van der Waals surface area contributed by atoms with E-state index < -0.39 is 5.51 Å². The summed E-state index contributed by atoms with van der Waals surface area (Å²) in [6.45, 7) is 0.201. The molecule has 7 nitrogen and oxygen atoms in total. The van der Waals surface area contributed by atoms with Gasteiger partial charge in [0.15, 0.2) is 0 Å². The Bertz CT molecular complexity index is 1460. The summed E-state index contributed by atoms with van der Waals surface area (Å²) >= 11 is -0.148. The highest BCUT2D eigenvalue weighted by atomic mass is 32.2. The van der Waals surface area contributed by atoms with Gasteiger partial charge in [-0.1, -0.05) is 12.1 Å². The third kappa shape index (κ3) is 6.91. The largest absolute Gasteiger partial charge is 0.487 e. The molecule has 0 saturated heterocycles. The maximum atomic E-state index is 12.4. The van der Waals surface area contributed by atoms with E-state index in [0.29, 0.717) is 29.6 Å². The number of thioether (sulfide) groups is 1. The predicted molar refractivity (Wildman–Crippen MR) is 131 cm³/mol. The molecule has 0 radical (unpaired) electrons. The SMILES string of the molecule is FC(F)(F)Sc1ccc(C=Cc2nc(COc3ccc(-c4nc(Cc5ncc[nH]5)co4)cc3)co2)cc1. The molecule has 11 heteroatoms. The molecular weight excluding hydrogens is 505 g/mol. The van der Waals surface area contributed by atoms with Gasteiger partial charge in [0, 0.05) is 28.9 Å². The third-order valence-electron chi connectivity index (χ3n) is 5.04. The lowest BCUT2D eigenvalue weighted by atomic mass is 10.2. The van der Waals surface area contributed by atoms with Crippen LogP contribution in [0.3, 0.4) is 0 Å². The molecule has 2 aromatic carbocycles. The van der Waals surface area contributed by atoms with Crippen molar-refractivity contribution < 1.29 is 26.7 Å². The normalized spacial score (nSPS) is 11.9. The van der Waals surface area contributed by atoms with Crippen molar-refractivity contribution in [3.05, 3.63) is 102 Å². The monoisotopic (exact) mass is 524 g/mol. The summed E-state index contributed by atoms with van der Waals surface area (Å²) in [5.41, 5.74) is -1.40. The number of aromatic amines is 1. The number of imidazole rings is 1. The molecule has 0 fully saturated rings. The molecule has 0 atom stereocenters. The molecule has 0 spiro atoms. The topological polar surface area (TPSA) is 90.0 Å². The number of alkyl halides is 3. The molecule has 0 amide bonds. The summed E-state index contributed by atoms with van der Waals surface area (Å²) in [6, 6.07) is 13.4. The van der Waals surface area contributed by atoms with Gasteiger partial charge in [-0.2, -0.15) is 13.2 Å². The minimum Gasteiger partial charge on any atom is -0.487 e. The first-order valence-corrected chi connectivity index (χ1v) is 11.9. The summed E-state index contributed by atoms with van der Waals surface area (Å²) in [5.74, 6) is 2.32. The zero-order valence-corrected chi connectivity index (χ0v) is 19.9. The lowest BCUT2D eigenvalue weighted by Gasteiger charge is -2.05. The van der Waals surface area contributed by atoms with E-state index in [1.165, 1.54) is 18.4 Å². The van der Waals surface area contributed by atoms with Gasteiger partial charge in [0.05, 0.1) is 12.1 Å². The molecule has 0 aliphatic heterocycles. The molecule has 3 aromatic heterocycles. The first kappa shape index (κ1) is 24.4. The zero-order valence-electron chi connectivity index (χ0n) is 19.1. The molecule has 5 aromatic rings. The number of aromatic nitrogens is 4. The molecule has 0 aliphatic carbocycles. The van der Waals surface area contributed by atoms with Crippen LogP contribution in [-0.2, 0) is 13.0 Å². The average molecular weight is 525 g/mol. The van der Waals surface area contributed by atoms with Gasteiger partial charge < -0.3 is 18.6 Å². The minimum atomic E-state index is -4.31. The number of rotatable bonds is 9. The van der Waals surface area contributed by atoms with E-state index in [4.69, 9.17) is 13.6 Å². The molecular formula is C26H19F3N4O3S. The van der Waals surface area contributed by atoms with E-state index in [-0.39, 0.29) is 23.3 Å². The van der Waals surface area contributed by atoms with Crippen molar-refractivity contribution in [1.82, 2.24) is 19.9 Å². The van der Waals surface area contributed by atoms with Crippen LogP contribution in [0.4, 0.5) is 13.2 Å². The number of hydrogen-bond donors (Lipinski definition) is 1. The molecule has 0 bridgehead atoms. The quantitative estimate of drug-likeness (QED) is 0.208. The first-order valence-electron chi connectivity index (χ1n) is 11.0. The van der Waals surface area contributed by atoms with Crippen molar-refractivity contribution in [2.45, 2.75) is 23.4 Å². The number of H-pyrrole nitrogens is 1. The summed E-state index contributed by atoms with van der Waals surface area (Å²) < 4.78 is 54.1. The van der Waals surface area contributed by atoms with Crippen LogP contribution in [0.1, 0.15) is 28.7 Å². The fourth-order valence-electron chi connectivity index (χ4n) is 3.35. The Morgan fingerprint density at radius 2 is 1.70 bits per heavy atom. The second-order valence-electron chi connectivity index (χ2n) is 7.80. The van der Waals surface area contributed by atoms with Gasteiger partial charge in [0.1, 0.15) is 36.4 Å².